The fourth-order valence-corrected chi connectivity index (χ4v) is 2.84. The van der Waals surface area contributed by atoms with Crippen LogP contribution in [0.15, 0.2) is 58.2 Å². The Labute approximate surface area is 165 Å². The summed E-state index contributed by atoms with van der Waals surface area (Å²) in [5.74, 6) is 0.835. The SMILES string of the molecule is COc1ccccc1NC(=O)CSc1nnc([C@@H](C)Oc2ccc(F)cc2)o1. The van der Waals surface area contributed by atoms with E-state index in [1.807, 2.05) is 6.07 Å². The van der Waals surface area contributed by atoms with E-state index in [1.54, 1.807) is 25.1 Å². The van der Waals surface area contributed by atoms with Gasteiger partial charge in [-0.05, 0) is 43.3 Å². The number of rotatable bonds is 8. The molecule has 1 amide bonds. The summed E-state index contributed by atoms with van der Waals surface area (Å²) in [6.07, 6.45) is -0.519. The predicted octanol–water partition coefficient (Wildman–Crippen LogP) is 4.09. The first-order chi connectivity index (χ1) is 13.5. The van der Waals surface area contributed by atoms with E-state index >= 15 is 0 Å². The lowest BCUT2D eigenvalue weighted by Gasteiger charge is -2.10. The summed E-state index contributed by atoms with van der Waals surface area (Å²) < 4.78 is 29.3. The molecule has 0 saturated heterocycles. The van der Waals surface area contributed by atoms with Crippen LogP contribution in [0.5, 0.6) is 11.5 Å². The summed E-state index contributed by atoms with van der Waals surface area (Å²) in [7, 11) is 1.54. The van der Waals surface area contributed by atoms with Gasteiger partial charge in [0.1, 0.15) is 17.3 Å². The molecule has 1 aromatic heterocycles. The number of carbonyl (C=O) groups excluding carboxylic acids is 1. The molecule has 0 radical (unpaired) electrons. The van der Waals surface area contributed by atoms with Gasteiger partial charge >= 0.3 is 0 Å². The molecule has 28 heavy (non-hydrogen) atoms. The Hall–Kier alpha value is -3.07. The van der Waals surface area contributed by atoms with Crippen LogP contribution < -0.4 is 14.8 Å². The number of nitrogens with one attached hydrogen (secondary N) is 1. The van der Waals surface area contributed by atoms with Crippen LogP contribution in [0, 0.1) is 5.82 Å². The number of methoxy groups -OCH3 is 1. The van der Waals surface area contributed by atoms with E-state index in [0.717, 1.165) is 11.8 Å². The van der Waals surface area contributed by atoms with E-state index in [4.69, 9.17) is 13.9 Å². The number of para-hydroxylation sites is 2. The maximum atomic E-state index is 12.9. The lowest BCUT2D eigenvalue weighted by molar-refractivity contribution is -0.113. The standard InChI is InChI=1S/C19H18FN3O4S/c1-12(26-14-9-7-13(20)8-10-14)18-22-23-19(27-18)28-11-17(24)21-15-5-3-4-6-16(15)25-2/h3-10,12H,11H2,1-2H3,(H,21,24)/t12-/m1/s1. The second-order valence-electron chi connectivity index (χ2n) is 5.66. The van der Waals surface area contributed by atoms with E-state index in [1.165, 1.54) is 31.4 Å². The van der Waals surface area contributed by atoms with Crippen LogP contribution in [0.25, 0.3) is 0 Å². The van der Waals surface area contributed by atoms with E-state index in [-0.39, 0.29) is 28.6 Å². The minimum Gasteiger partial charge on any atom is -0.495 e. The molecule has 0 unspecified atom stereocenters. The van der Waals surface area contributed by atoms with Gasteiger partial charge in [-0.3, -0.25) is 4.79 Å². The maximum absolute atomic E-state index is 12.9. The number of ether oxygens (including phenoxy) is 2. The number of hydrogen-bond donors (Lipinski definition) is 1. The molecule has 3 aromatic rings. The molecule has 9 heteroatoms. The first kappa shape index (κ1) is 19.7. The lowest BCUT2D eigenvalue weighted by Crippen LogP contribution is -2.14. The number of nitrogens with zero attached hydrogens (tertiary/aromatic N) is 2. The van der Waals surface area contributed by atoms with Gasteiger partial charge < -0.3 is 19.2 Å². The Morgan fingerprint density at radius 3 is 2.71 bits per heavy atom. The minimum atomic E-state index is -0.519. The Morgan fingerprint density at radius 2 is 1.96 bits per heavy atom. The van der Waals surface area contributed by atoms with Crippen molar-refractivity contribution in [3.8, 4) is 11.5 Å². The third kappa shape index (κ3) is 5.23. The molecule has 146 valence electrons. The normalized spacial score (nSPS) is 11.7. The van der Waals surface area contributed by atoms with Crippen molar-refractivity contribution in [3.63, 3.8) is 0 Å². The van der Waals surface area contributed by atoms with Crippen molar-refractivity contribution in [2.75, 3.05) is 18.2 Å². The predicted molar refractivity (Wildman–Crippen MR) is 102 cm³/mol. The summed E-state index contributed by atoms with van der Waals surface area (Å²) in [6.45, 7) is 1.74. The highest BCUT2D eigenvalue weighted by Gasteiger charge is 2.17. The smallest absolute Gasteiger partial charge is 0.277 e. The highest BCUT2D eigenvalue weighted by molar-refractivity contribution is 7.99. The number of hydrogen-bond acceptors (Lipinski definition) is 7. The molecule has 1 N–H and O–H groups in total. The second-order valence-corrected chi connectivity index (χ2v) is 6.58. The van der Waals surface area contributed by atoms with E-state index < -0.39 is 6.10 Å². The third-order valence-electron chi connectivity index (χ3n) is 3.60. The van der Waals surface area contributed by atoms with Gasteiger partial charge in [0.2, 0.25) is 5.91 Å². The average Bonchev–Trinajstić information content (AvgIpc) is 3.18. The highest BCUT2D eigenvalue weighted by atomic mass is 32.2. The summed E-state index contributed by atoms with van der Waals surface area (Å²) in [5, 5.41) is 10.9. The molecule has 0 fully saturated rings. The molecule has 7 nitrogen and oxygen atoms in total. The zero-order chi connectivity index (χ0) is 19.9. The maximum Gasteiger partial charge on any atom is 0.277 e. The Bertz CT molecular complexity index is 933. The summed E-state index contributed by atoms with van der Waals surface area (Å²) in [4.78, 5) is 12.1. The van der Waals surface area contributed by atoms with Crippen molar-refractivity contribution >= 4 is 23.4 Å². The molecular weight excluding hydrogens is 385 g/mol. The van der Waals surface area contributed by atoms with Crippen LogP contribution in [0.1, 0.15) is 18.9 Å². The van der Waals surface area contributed by atoms with Crippen molar-refractivity contribution in [2.24, 2.45) is 0 Å². The minimum absolute atomic E-state index is 0.0902. The summed E-state index contributed by atoms with van der Waals surface area (Å²) in [5.41, 5.74) is 0.586. The molecule has 1 atom stereocenters. The van der Waals surface area contributed by atoms with Gasteiger partial charge in [0, 0.05) is 0 Å². The highest BCUT2D eigenvalue weighted by Crippen LogP contribution is 2.26. The van der Waals surface area contributed by atoms with Crippen molar-refractivity contribution in [2.45, 2.75) is 18.3 Å². The van der Waals surface area contributed by atoms with E-state index in [2.05, 4.69) is 15.5 Å². The van der Waals surface area contributed by atoms with Crippen LogP contribution in [-0.2, 0) is 4.79 Å². The van der Waals surface area contributed by atoms with Gasteiger partial charge in [0.05, 0.1) is 18.6 Å². The van der Waals surface area contributed by atoms with Crippen LogP contribution in [0.4, 0.5) is 10.1 Å². The molecule has 2 aromatic carbocycles. The van der Waals surface area contributed by atoms with Crippen LogP contribution >= 0.6 is 11.8 Å². The topological polar surface area (TPSA) is 86.5 Å². The zero-order valence-corrected chi connectivity index (χ0v) is 16.0. The van der Waals surface area contributed by atoms with Crippen molar-refractivity contribution < 1.29 is 23.1 Å². The van der Waals surface area contributed by atoms with Crippen molar-refractivity contribution in [1.82, 2.24) is 10.2 Å². The molecule has 0 spiro atoms. The van der Waals surface area contributed by atoms with E-state index in [9.17, 15) is 9.18 Å². The van der Waals surface area contributed by atoms with Gasteiger partial charge in [0.15, 0.2) is 6.10 Å². The first-order valence-electron chi connectivity index (χ1n) is 8.36. The number of halogens is 1. The van der Waals surface area contributed by atoms with Crippen LogP contribution in [0.2, 0.25) is 0 Å². The van der Waals surface area contributed by atoms with Gasteiger partial charge in [-0.1, -0.05) is 23.9 Å². The summed E-state index contributed by atoms with van der Waals surface area (Å²) >= 11 is 1.11. The molecule has 0 aliphatic carbocycles. The number of aromatic nitrogens is 2. The number of anilines is 1. The first-order valence-corrected chi connectivity index (χ1v) is 9.35. The largest absolute Gasteiger partial charge is 0.495 e. The molecule has 0 bridgehead atoms. The second kappa shape index (κ2) is 9.23. The van der Waals surface area contributed by atoms with Gasteiger partial charge in [-0.2, -0.15) is 0 Å². The van der Waals surface area contributed by atoms with Crippen LogP contribution in [0.3, 0.4) is 0 Å². The fraction of sp³-hybridized carbons (Fsp3) is 0.211. The number of amides is 1. The number of carbonyl (C=O) groups is 1. The van der Waals surface area contributed by atoms with Gasteiger partial charge in [0.25, 0.3) is 11.1 Å². The molecular formula is C19H18FN3O4S. The Morgan fingerprint density at radius 1 is 1.21 bits per heavy atom. The zero-order valence-electron chi connectivity index (χ0n) is 15.2. The molecule has 0 saturated carbocycles. The van der Waals surface area contributed by atoms with Crippen molar-refractivity contribution in [1.29, 1.82) is 0 Å². The van der Waals surface area contributed by atoms with Gasteiger partial charge in [-0.25, -0.2) is 4.39 Å². The molecule has 3 rings (SSSR count). The number of benzene rings is 2. The van der Waals surface area contributed by atoms with E-state index in [0.29, 0.717) is 17.2 Å². The van der Waals surface area contributed by atoms with Crippen LogP contribution in [-0.4, -0.2) is 29.0 Å². The lowest BCUT2D eigenvalue weighted by atomic mass is 10.3. The fourth-order valence-electron chi connectivity index (χ4n) is 2.27. The Kier molecular flexibility index (Phi) is 6.49. The quantitative estimate of drug-likeness (QED) is 0.567. The molecule has 1 heterocycles. The molecule has 0 aliphatic heterocycles. The van der Waals surface area contributed by atoms with Crippen molar-refractivity contribution in [3.05, 3.63) is 60.2 Å². The molecule has 0 aliphatic rings. The van der Waals surface area contributed by atoms with Gasteiger partial charge in [-0.15, -0.1) is 10.2 Å². The number of thioether (sulfide) groups is 1. The summed E-state index contributed by atoms with van der Waals surface area (Å²) in [6, 6.07) is 12.8. The third-order valence-corrected chi connectivity index (χ3v) is 4.42. The average molecular weight is 403 g/mol. The monoisotopic (exact) mass is 403 g/mol. The Balaban J connectivity index is 1.52.